The number of carbonyl (C=O) groups is 2. The first kappa shape index (κ1) is 23.9. The number of rotatable bonds is 4. The number of pyridine rings is 1. The molecule has 0 spiro atoms. The van der Waals surface area contributed by atoms with E-state index in [4.69, 9.17) is 0 Å². The molecular weight excluding hydrogens is 551 g/mol. The molecule has 0 atom stereocenters. The fourth-order valence-electron chi connectivity index (χ4n) is 3.32. The average Bonchev–Trinajstić information content (AvgIpc) is 2.66. The average molecular weight is 579 g/mol. The van der Waals surface area contributed by atoms with Crippen LogP contribution in [-0.2, 0) is 28.5 Å². The van der Waals surface area contributed by atoms with Crippen LogP contribution in [0.4, 0.5) is 0 Å². The van der Waals surface area contributed by atoms with Crippen molar-refractivity contribution >= 4 is 11.6 Å². The van der Waals surface area contributed by atoms with Crippen molar-refractivity contribution in [2.24, 2.45) is 0 Å². The van der Waals surface area contributed by atoms with Crippen LogP contribution in [0.2, 0.25) is 4.43 Å². The zero-order valence-corrected chi connectivity index (χ0v) is 20.8. The van der Waals surface area contributed by atoms with Gasteiger partial charge < -0.3 is 0 Å². The van der Waals surface area contributed by atoms with Crippen LogP contribution in [0.5, 0.6) is 0 Å². The molecule has 0 amide bonds. The molecule has 0 aliphatic rings. The third-order valence-electron chi connectivity index (χ3n) is 4.51. The first-order valence-electron chi connectivity index (χ1n) is 9.82. The number of hydrogen-bond donors (Lipinski definition) is 0. The number of Topliss-reactive ketones (excluding diaryl/α,β-unsaturated/α-hetero) is 2. The summed E-state index contributed by atoms with van der Waals surface area (Å²) in [6, 6.07) is 17.5. The summed E-state index contributed by atoms with van der Waals surface area (Å²) < 4.78 is -0.407. The van der Waals surface area contributed by atoms with Gasteiger partial charge in [-0.25, -0.2) is 0 Å². The Bertz CT molecular complexity index is 951. The van der Waals surface area contributed by atoms with E-state index in [-0.39, 0.29) is 11.6 Å². The molecule has 3 nitrogen and oxygen atoms in total. The van der Waals surface area contributed by atoms with Crippen molar-refractivity contribution in [2.75, 3.05) is 0 Å². The molecule has 0 bridgehead atoms. The summed E-state index contributed by atoms with van der Waals surface area (Å²) in [5, 5.41) is 0. The van der Waals surface area contributed by atoms with Crippen LogP contribution in [0.15, 0.2) is 54.7 Å². The van der Waals surface area contributed by atoms with Crippen LogP contribution in [0, 0.1) is 27.7 Å². The molecule has 0 saturated carbocycles. The van der Waals surface area contributed by atoms with Gasteiger partial charge in [-0.1, -0.05) is 46.5 Å². The van der Waals surface area contributed by atoms with Crippen LogP contribution in [0.25, 0.3) is 22.4 Å². The fourth-order valence-corrected chi connectivity index (χ4v) is 3.32. The number of carbonyl (C=O) groups excluding carboxylic acids is 2. The van der Waals surface area contributed by atoms with Crippen LogP contribution < -0.4 is 0 Å². The summed E-state index contributed by atoms with van der Waals surface area (Å²) in [7, 11) is 0. The second-order valence-electron chi connectivity index (χ2n) is 7.74. The minimum Gasteiger partial charge on any atom is -0.256 e. The topological polar surface area (TPSA) is 47.0 Å². The molecule has 2 aromatic carbocycles. The molecule has 1 aromatic heterocycles. The third kappa shape index (κ3) is 6.83. The largest absolute Gasteiger partial charge is 0.256 e. The zero-order valence-electron chi connectivity index (χ0n) is 18.4. The van der Waals surface area contributed by atoms with Gasteiger partial charge in [0.25, 0.3) is 0 Å². The molecule has 0 aliphatic carbocycles. The SMILES string of the molecule is CC(=O)[CH]([Ir])C(C)=O.Cc1cc(C)cc(-c2ccnc(-c3cc(C)cc(C)c3)c2)c1. The van der Waals surface area contributed by atoms with Gasteiger partial charge in [0, 0.05) is 11.8 Å². The summed E-state index contributed by atoms with van der Waals surface area (Å²) in [6.07, 6.45) is 1.90. The van der Waals surface area contributed by atoms with E-state index in [9.17, 15) is 9.59 Å². The second-order valence-corrected chi connectivity index (χ2v) is 9.12. The van der Waals surface area contributed by atoms with Gasteiger partial charge >= 0.3 is 58.3 Å². The summed E-state index contributed by atoms with van der Waals surface area (Å²) in [5.74, 6) is -0.116. The summed E-state index contributed by atoms with van der Waals surface area (Å²) in [6.45, 7) is 11.4. The van der Waals surface area contributed by atoms with E-state index in [2.05, 4.69) is 81.2 Å². The molecule has 30 heavy (non-hydrogen) atoms. The van der Waals surface area contributed by atoms with E-state index in [1.807, 2.05) is 6.20 Å². The van der Waals surface area contributed by atoms with Crippen molar-refractivity contribution in [3.05, 3.63) is 77.0 Å². The number of ketones is 2. The van der Waals surface area contributed by atoms with Gasteiger partial charge in [0.05, 0.1) is 5.69 Å². The van der Waals surface area contributed by atoms with Crippen molar-refractivity contribution < 1.29 is 28.5 Å². The second kappa shape index (κ2) is 10.6. The van der Waals surface area contributed by atoms with Gasteiger partial charge in [-0.15, -0.1) is 0 Å². The van der Waals surface area contributed by atoms with E-state index in [1.165, 1.54) is 52.8 Å². The Morgan fingerprint density at radius 1 is 0.700 bits per heavy atom. The molecule has 4 heteroatoms. The van der Waals surface area contributed by atoms with E-state index in [0.29, 0.717) is 0 Å². The predicted molar refractivity (Wildman–Crippen MR) is 119 cm³/mol. The molecule has 0 aliphatic heterocycles. The van der Waals surface area contributed by atoms with Gasteiger partial charge in [-0.05, 0) is 63.1 Å². The molecular formula is C26H28IrNO2. The van der Waals surface area contributed by atoms with Crippen molar-refractivity contribution in [1.82, 2.24) is 4.98 Å². The fraction of sp³-hybridized carbons (Fsp3) is 0.269. The van der Waals surface area contributed by atoms with Gasteiger partial charge in [-0.3, -0.25) is 4.98 Å². The van der Waals surface area contributed by atoms with Crippen molar-refractivity contribution in [2.45, 2.75) is 46.0 Å². The Balaban J connectivity index is 0.000000343. The zero-order chi connectivity index (χ0) is 22.4. The molecule has 0 fully saturated rings. The Kier molecular flexibility index (Phi) is 8.40. The van der Waals surface area contributed by atoms with E-state index in [1.54, 1.807) is 18.9 Å². The molecule has 0 N–H and O–H groups in total. The monoisotopic (exact) mass is 579 g/mol. The van der Waals surface area contributed by atoms with E-state index >= 15 is 0 Å². The molecule has 158 valence electrons. The van der Waals surface area contributed by atoms with E-state index < -0.39 is 4.43 Å². The van der Waals surface area contributed by atoms with E-state index in [0.717, 1.165) is 5.69 Å². The predicted octanol–water partition coefficient (Wildman–Crippen LogP) is 6.15. The van der Waals surface area contributed by atoms with Gasteiger partial charge in [0.2, 0.25) is 0 Å². The maximum absolute atomic E-state index is 10.4. The van der Waals surface area contributed by atoms with Crippen LogP contribution in [0.1, 0.15) is 36.1 Å². The maximum atomic E-state index is 10.4. The number of aryl methyl sites for hydroxylation is 4. The minimum atomic E-state index is -0.407. The number of aromatic nitrogens is 1. The number of nitrogens with zero attached hydrogens (tertiary/aromatic N) is 1. The molecule has 0 radical (unpaired) electrons. The smallest absolute Gasteiger partial charge is 0.0708 e. The van der Waals surface area contributed by atoms with Gasteiger partial charge in [0.1, 0.15) is 0 Å². The Hall–Kier alpha value is -2.42. The molecule has 0 unspecified atom stereocenters. The normalized spacial score (nSPS) is 10.4. The van der Waals surface area contributed by atoms with Crippen molar-refractivity contribution in [1.29, 1.82) is 0 Å². The number of benzene rings is 2. The quantitative estimate of drug-likeness (QED) is 0.349. The minimum absolute atomic E-state index is 0.0579. The van der Waals surface area contributed by atoms with Gasteiger partial charge in [0.15, 0.2) is 0 Å². The van der Waals surface area contributed by atoms with Gasteiger partial charge in [-0.2, -0.15) is 0 Å². The molecule has 1 heterocycles. The summed E-state index contributed by atoms with van der Waals surface area (Å²) in [4.78, 5) is 25.3. The number of hydrogen-bond acceptors (Lipinski definition) is 3. The van der Waals surface area contributed by atoms with Crippen molar-refractivity contribution in [3.63, 3.8) is 0 Å². The van der Waals surface area contributed by atoms with Crippen molar-refractivity contribution in [3.8, 4) is 22.4 Å². The summed E-state index contributed by atoms with van der Waals surface area (Å²) >= 11 is 1.62. The molecule has 3 rings (SSSR count). The first-order valence-corrected chi connectivity index (χ1v) is 11.2. The summed E-state index contributed by atoms with van der Waals surface area (Å²) in [5.41, 5.74) is 9.82. The Labute approximate surface area is 190 Å². The van der Waals surface area contributed by atoms with Crippen LogP contribution >= 0.6 is 0 Å². The van der Waals surface area contributed by atoms with Crippen LogP contribution in [-0.4, -0.2) is 16.6 Å². The maximum Gasteiger partial charge on any atom is 0.0708 e. The van der Waals surface area contributed by atoms with Crippen LogP contribution in [0.3, 0.4) is 0 Å². The first-order chi connectivity index (χ1) is 14.1. The Morgan fingerprint density at radius 2 is 1.13 bits per heavy atom. The molecule has 0 saturated heterocycles. The third-order valence-corrected chi connectivity index (χ3v) is 6.46. The standard InChI is InChI=1S/C21H21N.C5H7O2.Ir/c1-14-7-15(2)10-19(9-14)18-5-6-22-21(13-18)20-11-16(3)8-17(4)12-20;1-4(6)3-5(2)7;/h5-13H,1-4H3;3H,1-2H3;. The molecule has 3 aromatic rings. The Morgan fingerprint density at radius 3 is 1.53 bits per heavy atom.